The van der Waals surface area contributed by atoms with Crippen molar-refractivity contribution < 1.29 is 9.59 Å². The summed E-state index contributed by atoms with van der Waals surface area (Å²) in [7, 11) is 0. The van der Waals surface area contributed by atoms with Crippen LogP contribution in [-0.2, 0) is 4.79 Å². The highest BCUT2D eigenvalue weighted by Crippen LogP contribution is 2.24. The van der Waals surface area contributed by atoms with Crippen LogP contribution in [0.25, 0.3) is 10.9 Å². The van der Waals surface area contributed by atoms with Gasteiger partial charge in [-0.05, 0) is 44.0 Å². The summed E-state index contributed by atoms with van der Waals surface area (Å²) in [6.07, 6.45) is 1.77. The molecule has 1 atom stereocenters. The molecule has 5 nitrogen and oxygen atoms in total. The zero-order valence-electron chi connectivity index (χ0n) is 13.8. The second-order valence-corrected chi connectivity index (χ2v) is 6.70. The molecule has 1 N–H and O–H groups in total. The first-order chi connectivity index (χ1) is 11.4. The smallest absolute Gasteiger partial charge is 0.254 e. The number of nitrogens with zero attached hydrogens (tertiary/aromatic N) is 2. The van der Waals surface area contributed by atoms with Gasteiger partial charge in [0.1, 0.15) is 0 Å². The van der Waals surface area contributed by atoms with Crippen molar-refractivity contribution in [3.63, 3.8) is 0 Å². The fourth-order valence-electron chi connectivity index (χ4n) is 3.24. The first-order valence-electron chi connectivity index (χ1n) is 8.07. The van der Waals surface area contributed by atoms with Crippen molar-refractivity contribution in [1.82, 2.24) is 15.2 Å². The number of aryl methyl sites for hydroxylation is 1. The molecule has 24 heavy (non-hydrogen) atoms. The molecule has 126 valence electrons. The number of amides is 2. The monoisotopic (exact) mass is 345 g/mol. The number of piperidine rings is 1. The lowest BCUT2D eigenvalue weighted by atomic mass is 10.0. The first kappa shape index (κ1) is 16.7. The van der Waals surface area contributed by atoms with Crippen LogP contribution in [0, 0.1) is 6.92 Å². The summed E-state index contributed by atoms with van der Waals surface area (Å²) in [6.45, 7) is 4.60. The van der Waals surface area contributed by atoms with Crippen LogP contribution in [0.3, 0.4) is 0 Å². The van der Waals surface area contributed by atoms with E-state index in [0.717, 1.165) is 29.4 Å². The van der Waals surface area contributed by atoms with Crippen molar-refractivity contribution in [1.29, 1.82) is 0 Å². The zero-order valence-corrected chi connectivity index (χ0v) is 14.6. The molecule has 1 saturated heterocycles. The van der Waals surface area contributed by atoms with E-state index >= 15 is 0 Å². The predicted octanol–water partition coefficient (Wildman–Crippen LogP) is 2.94. The largest absolute Gasteiger partial charge is 0.352 e. The number of nitrogens with one attached hydrogen (secondary N) is 1. The molecule has 0 unspecified atom stereocenters. The summed E-state index contributed by atoms with van der Waals surface area (Å²) < 4.78 is 0. The van der Waals surface area contributed by atoms with E-state index in [1.54, 1.807) is 17.0 Å². The van der Waals surface area contributed by atoms with Crippen molar-refractivity contribution >= 4 is 34.3 Å². The molecular weight excluding hydrogens is 326 g/mol. The number of hydrogen-bond acceptors (Lipinski definition) is 3. The van der Waals surface area contributed by atoms with Gasteiger partial charge in [0.25, 0.3) is 5.91 Å². The van der Waals surface area contributed by atoms with Crippen LogP contribution in [0.2, 0.25) is 5.02 Å². The lowest BCUT2D eigenvalue weighted by Gasteiger charge is -2.33. The van der Waals surface area contributed by atoms with Crippen LogP contribution < -0.4 is 5.32 Å². The van der Waals surface area contributed by atoms with Gasteiger partial charge in [-0.1, -0.05) is 11.6 Å². The van der Waals surface area contributed by atoms with Gasteiger partial charge in [-0.15, -0.1) is 0 Å². The Labute approximate surface area is 146 Å². The first-order valence-corrected chi connectivity index (χ1v) is 8.45. The number of halogens is 1. The van der Waals surface area contributed by atoms with Gasteiger partial charge in [-0.3, -0.25) is 14.6 Å². The van der Waals surface area contributed by atoms with E-state index in [1.807, 2.05) is 19.1 Å². The maximum absolute atomic E-state index is 13.1. The maximum Gasteiger partial charge on any atom is 0.254 e. The summed E-state index contributed by atoms with van der Waals surface area (Å²) in [5.74, 6) is -0.103. The standard InChI is InChI=1S/C18H20ClN3O2/c1-11-8-16(15-9-13(19)5-6-17(15)20-11)18(24)22-7-3-4-14(10-22)21-12(2)23/h5-6,8-9,14H,3-4,7,10H2,1-2H3,(H,21,23)/t14-/m1/s1. The van der Waals surface area contributed by atoms with E-state index in [1.165, 1.54) is 6.92 Å². The van der Waals surface area contributed by atoms with Gasteiger partial charge >= 0.3 is 0 Å². The van der Waals surface area contributed by atoms with E-state index < -0.39 is 0 Å². The number of rotatable bonds is 2. The number of likely N-dealkylation sites (tertiary alicyclic amines) is 1. The average molecular weight is 346 g/mol. The van der Waals surface area contributed by atoms with E-state index in [-0.39, 0.29) is 17.9 Å². The summed E-state index contributed by atoms with van der Waals surface area (Å²) in [6, 6.07) is 7.21. The highest BCUT2D eigenvalue weighted by molar-refractivity contribution is 6.31. The Morgan fingerprint density at radius 1 is 1.33 bits per heavy atom. The second kappa shape index (κ2) is 6.77. The SMILES string of the molecule is CC(=O)N[C@@H]1CCCN(C(=O)c2cc(C)nc3ccc(Cl)cc23)C1. The Hall–Kier alpha value is -2.14. The molecule has 6 heteroatoms. The summed E-state index contributed by atoms with van der Waals surface area (Å²) >= 11 is 6.10. The van der Waals surface area contributed by atoms with Crippen LogP contribution in [-0.4, -0.2) is 40.8 Å². The zero-order chi connectivity index (χ0) is 17.3. The van der Waals surface area contributed by atoms with Crippen LogP contribution in [0.1, 0.15) is 35.8 Å². The van der Waals surface area contributed by atoms with Crippen molar-refractivity contribution in [2.75, 3.05) is 13.1 Å². The van der Waals surface area contributed by atoms with Gasteiger partial charge in [0, 0.05) is 42.2 Å². The molecule has 1 fully saturated rings. The van der Waals surface area contributed by atoms with E-state index in [2.05, 4.69) is 10.3 Å². The molecule has 1 aromatic heterocycles. The summed E-state index contributed by atoms with van der Waals surface area (Å²) in [5.41, 5.74) is 2.17. The minimum absolute atomic E-state index is 0.0120. The molecule has 0 saturated carbocycles. The molecule has 1 aromatic carbocycles. The number of benzene rings is 1. The fraction of sp³-hybridized carbons (Fsp3) is 0.389. The normalized spacial score (nSPS) is 17.8. The topological polar surface area (TPSA) is 62.3 Å². The van der Waals surface area contributed by atoms with Gasteiger partial charge < -0.3 is 10.2 Å². The third-order valence-corrected chi connectivity index (χ3v) is 4.48. The van der Waals surface area contributed by atoms with Crippen molar-refractivity contribution in [3.05, 3.63) is 40.5 Å². The predicted molar refractivity (Wildman–Crippen MR) is 94.2 cm³/mol. The Bertz CT molecular complexity index is 806. The van der Waals surface area contributed by atoms with Gasteiger partial charge in [0.15, 0.2) is 0 Å². The number of carbonyl (C=O) groups is 2. The molecule has 2 heterocycles. The maximum atomic E-state index is 13.1. The quantitative estimate of drug-likeness (QED) is 0.910. The Morgan fingerprint density at radius 3 is 2.88 bits per heavy atom. The van der Waals surface area contributed by atoms with E-state index in [9.17, 15) is 9.59 Å². The molecule has 3 rings (SSSR count). The van der Waals surface area contributed by atoms with Gasteiger partial charge in [-0.2, -0.15) is 0 Å². The Morgan fingerprint density at radius 2 is 2.12 bits per heavy atom. The van der Waals surface area contributed by atoms with Crippen LogP contribution in [0.15, 0.2) is 24.3 Å². The van der Waals surface area contributed by atoms with Gasteiger partial charge in [-0.25, -0.2) is 0 Å². The minimum atomic E-state index is -0.0636. The van der Waals surface area contributed by atoms with Gasteiger partial charge in [0.05, 0.1) is 11.1 Å². The highest BCUT2D eigenvalue weighted by Gasteiger charge is 2.26. The average Bonchev–Trinajstić information content (AvgIpc) is 2.53. The highest BCUT2D eigenvalue weighted by atomic mass is 35.5. The van der Waals surface area contributed by atoms with Crippen LogP contribution in [0.4, 0.5) is 0 Å². The van der Waals surface area contributed by atoms with Crippen LogP contribution in [0.5, 0.6) is 0 Å². The molecule has 1 aliphatic rings. The molecule has 0 radical (unpaired) electrons. The molecule has 1 aliphatic heterocycles. The number of hydrogen-bond donors (Lipinski definition) is 1. The lowest BCUT2D eigenvalue weighted by molar-refractivity contribution is -0.120. The molecular formula is C18H20ClN3O2. The number of fused-ring (bicyclic) bond motifs is 1. The van der Waals surface area contributed by atoms with Crippen molar-refractivity contribution in [2.24, 2.45) is 0 Å². The molecule has 0 spiro atoms. The minimum Gasteiger partial charge on any atom is -0.352 e. The summed E-state index contributed by atoms with van der Waals surface area (Å²) in [5, 5.41) is 4.25. The number of pyridine rings is 1. The van der Waals surface area contributed by atoms with Gasteiger partial charge in [0.2, 0.25) is 5.91 Å². The second-order valence-electron chi connectivity index (χ2n) is 6.26. The molecule has 0 aliphatic carbocycles. The summed E-state index contributed by atoms with van der Waals surface area (Å²) in [4.78, 5) is 30.6. The Balaban J connectivity index is 1.93. The van der Waals surface area contributed by atoms with E-state index in [4.69, 9.17) is 11.6 Å². The fourth-order valence-corrected chi connectivity index (χ4v) is 3.42. The third kappa shape index (κ3) is 3.51. The number of aromatic nitrogens is 1. The molecule has 2 aromatic rings. The molecule has 0 bridgehead atoms. The van der Waals surface area contributed by atoms with Crippen molar-refractivity contribution in [2.45, 2.75) is 32.7 Å². The van der Waals surface area contributed by atoms with E-state index in [0.29, 0.717) is 23.7 Å². The lowest BCUT2D eigenvalue weighted by Crippen LogP contribution is -2.49. The van der Waals surface area contributed by atoms with Crippen molar-refractivity contribution in [3.8, 4) is 0 Å². The number of carbonyl (C=O) groups excluding carboxylic acids is 2. The van der Waals surface area contributed by atoms with Crippen LogP contribution >= 0.6 is 11.6 Å². The third-order valence-electron chi connectivity index (χ3n) is 4.25. The Kier molecular flexibility index (Phi) is 4.71. The molecule has 2 amide bonds.